The van der Waals surface area contributed by atoms with E-state index in [1.165, 1.54) is 6.33 Å². The Morgan fingerprint density at radius 3 is 2.45 bits per heavy atom. The summed E-state index contributed by atoms with van der Waals surface area (Å²) in [5.74, 6) is 6.04. The van der Waals surface area contributed by atoms with Crippen LogP contribution in [-0.2, 0) is 9.53 Å². The van der Waals surface area contributed by atoms with Crippen LogP contribution in [-0.4, -0.2) is 29.6 Å². The predicted molar refractivity (Wildman–Crippen MR) is 149 cm³/mol. The van der Waals surface area contributed by atoms with Gasteiger partial charge in [0.1, 0.15) is 17.9 Å². The number of carbonyl (C=O) groups is 1. The molecule has 7 heteroatoms. The van der Waals surface area contributed by atoms with Crippen molar-refractivity contribution in [1.82, 2.24) is 9.97 Å². The average molecular weight is 503 g/mol. The second kappa shape index (κ2) is 11.4. The first kappa shape index (κ1) is 24.8. The second-order valence-corrected chi connectivity index (χ2v) is 8.55. The van der Waals surface area contributed by atoms with E-state index in [1.807, 2.05) is 84.9 Å². The maximum Gasteiger partial charge on any atom is 0.300 e. The van der Waals surface area contributed by atoms with E-state index in [9.17, 15) is 4.79 Å². The van der Waals surface area contributed by atoms with Gasteiger partial charge in [-0.3, -0.25) is 4.79 Å². The third kappa shape index (κ3) is 5.26. The van der Waals surface area contributed by atoms with Gasteiger partial charge in [-0.15, -0.1) is 0 Å². The highest BCUT2D eigenvalue weighted by Crippen LogP contribution is 2.43. The average Bonchev–Trinajstić information content (AvgIpc) is 3.35. The summed E-state index contributed by atoms with van der Waals surface area (Å²) in [6.45, 7) is 2.06. The molecule has 0 bridgehead atoms. The number of hydrogen-bond donors (Lipinski definition) is 2. The SMILES string of the molecule is CC#CC(=O)Nc1cccc(-c2c(-c3ccccc3)oc3ncnc(NC(COC)c4ccccc4)c23)c1. The number of rotatable bonds is 8. The number of fused-ring (bicyclic) bond motifs is 1. The largest absolute Gasteiger partial charge is 0.437 e. The fourth-order valence-electron chi connectivity index (χ4n) is 4.38. The number of aromatic nitrogens is 2. The van der Waals surface area contributed by atoms with Crippen LogP contribution in [0.4, 0.5) is 11.5 Å². The van der Waals surface area contributed by atoms with E-state index in [4.69, 9.17) is 9.15 Å². The molecular weight excluding hydrogens is 476 g/mol. The van der Waals surface area contributed by atoms with Gasteiger partial charge in [-0.05, 0) is 36.1 Å². The number of methoxy groups -OCH3 is 1. The van der Waals surface area contributed by atoms with Crippen molar-refractivity contribution < 1.29 is 13.9 Å². The first-order valence-corrected chi connectivity index (χ1v) is 12.2. The van der Waals surface area contributed by atoms with Crippen LogP contribution >= 0.6 is 0 Å². The molecule has 2 heterocycles. The lowest BCUT2D eigenvalue weighted by molar-refractivity contribution is -0.111. The Morgan fingerprint density at radius 1 is 0.974 bits per heavy atom. The molecule has 7 nitrogen and oxygen atoms in total. The number of ether oxygens (including phenoxy) is 1. The number of nitrogens with one attached hydrogen (secondary N) is 2. The number of benzene rings is 3. The smallest absolute Gasteiger partial charge is 0.300 e. The van der Waals surface area contributed by atoms with Crippen molar-refractivity contribution >= 4 is 28.5 Å². The molecule has 0 spiro atoms. The molecule has 1 amide bonds. The summed E-state index contributed by atoms with van der Waals surface area (Å²) >= 11 is 0. The van der Waals surface area contributed by atoms with E-state index in [0.717, 1.165) is 27.6 Å². The molecule has 0 aliphatic heterocycles. The molecule has 1 atom stereocenters. The zero-order chi connectivity index (χ0) is 26.3. The Labute approximate surface area is 220 Å². The molecule has 5 aromatic rings. The Balaban J connectivity index is 1.68. The molecule has 2 N–H and O–H groups in total. The fraction of sp³-hybridized carbons (Fsp3) is 0.129. The number of furan rings is 1. The molecular formula is C31H26N4O3. The molecule has 1 unspecified atom stereocenters. The maximum atomic E-state index is 12.1. The Morgan fingerprint density at radius 2 is 1.71 bits per heavy atom. The summed E-state index contributed by atoms with van der Waals surface area (Å²) in [6, 6.07) is 27.3. The molecule has 5 rings (SSSR count). The third-order valence-electron chi connectivity index (χ3n) is 6.02. The number of anilines is 2. The van der Waals surface area contributed by atoms with Crippen LogP contribution in [0.2, 0.25) is 0 Å². The number of carbonyl (C=O) groups excluding carboxylic acids is 1. The molecule has 0 saturated carbocycles. The molecule has 0 aliphatic carbocycles. The topological polar surface area (TPSA) is 89.3 Å². The number of nitrogens with zero attached hydrogens (tertiary/aromatic N) is 2. The highest BCUT2D eigenvalue weighted by atomic mass is 16.5. The van der Waals surface area contributed by atoms with Gasteiger partial charge in [-0.1, -0.05) is 78.7 Å². The van der Waals surface area contributed by atoms with Crippen LogP contribution < -0.4 is 10.6 Å². The highest BCUT2D eigenvalue weighted by Gasteiger charge is 2.24. The first-order valence-electron chi connectivity index (χ1n) is 12.2. The van der Waals surface area contributed by atoms with Gasteiger partial charge in [-0.2, -0.15) is 0 Å². The summed E-state index contributed by atoms with van der Waals surface area (Å²) < 4.78 is 11.9. The summed E-state index contributed by atoms with van der Waals surface area (Å²) in [7, 11) is 1.67. The van der Waals surface area contributed by atoms with E-state index in [2.05, 4.69) is 32.4 Å². The van der Waals surface area contributed by atoms with Gasteiger partial charge >= 0.3 is 0 Å². The third-order valence-corrected chi connectivity index (χ3v) is 6.02. The summed E-state index contributed by atoms with van der Waals surface area (Å²) in [4.78, 5) is 21.2. The molecule has 0 saturated heterocycles. The highest BCUT2D eigenvalue weighted by molar-refractivity contribution is 6.07. The van der Waals surface area contributed by atoms with Crippen molar-refractivity contribution in [3.8, 4) is 34.3 Å². The fourth-order valence-corrected chi connectivity index (χ4v) is 4.38. The van der Waals surface area contributed by atoms with Crippen LogP contribution in [0.1, 0.15) is 18.5 Å². The van der Waals surface area contributed by atoms with Crippen LogP contribution in [0.25, 0.3) is 33.6 Å². The standard InChI is InChI=1S/C31H26N4O3/c1-3-11-26(36)34-24-17-10-16-23(18-24)27-28-30(35-25(19-37-2)21-12-6-4-7-13-21)32-20-33-31(28)38-29(27)22-14-8-5-9-15-22/h4-10,12-18,20,25H,19H2,1-2H3,(H,34,36)(H,32,33,35). The molecule has 0 fully saturated rings. The molecule has 0 aliphatic rings. The second-order valence-electron chi connectivity index (χ2n) is 8.55. The van der Waals surface area contributed by atoms with Crippen molar-refractivity contribution in [1.29, 1.82) is 0 Å². The molecule has 2 aromatic heterocycles. The Bertz CT molecular complexity index is 1620. The summed E-state index contributed by atoms with van der Waals surface area (Å²) in [5.41, 5.74) is 4.69. The molecule has 188 valence electrons. The number of hydrogen-bond acceptors (Lipinski definition) is 6. The summed E-state index contributed by atoms with van der Waals surface area (Å²) in [5, 5.41) is 7.12. The van der Waals surface area contributed by atoms with Crippen molar-refractivity contribution in [3.63, 3.8) is 0 Å². The molecule has 0 radical (unpaired) electrons. The maximum absolute atomic E-state index is 12.1. The lowest BCUT2D eigenvalue weighted by Crippen LogP contribution is -2.17. The van der Waals surface area contributed by atoms with Crippen LogP contribution in [0.5, 0.6) is 0 Å². The van der Waals surface area contributed by atoms with Gasteiger partial charge < -0.3 is 19.8 Å². The van der Waals surface area contributed by atoms with Crippen molar-refractivity contribution in [2.24, 2.45) is 0 Å². The monoisotopic (exact) mass is 502 g/mol. The normalized spacial score (nSPS) is 11.4. The van der Waals surface area contributed by atoms with Gasteiger partial charge in [0.25, 0.3) is 5.91 Å². The lowest BCUT2D eigenvalue weighted by atomic mass is 9.98. The zero-order valence-electron chi connectivity index (χ0n) is 21.1. The van der Waals surface area contributed by atoms with Crippen LogP contribution in [0, 0.1) is 11.8 Å². The Kier molecular flexibility index (Phi) is 7.44. The minimum Gasteiger partial charge on any atom is -0.437 e. The van der Waals surface area contributed by atoms with Crippen LogP contribution in [0.3, 0.4) is 0 Å². The van der Waals surface area contributed by atoms with E-state index in [0.29, 0.717) is 29.6 Å². The van der Waals surface area contributed by atoms with E-state index in [1.54, 1.807) is 14.0 Å². The van der Waals surface area contributed by atoms with E-state index in [-0.39, 0.29) is 11.9 Å². The Hall–Kier alpha value is -4.93. The van der Waals surface area contributed by atoms with E-state index < -0.39 is 0 Å². The predicted octanol–water partition coefficient (Wildman–Crippen LogP) is 6.32. The van der Waals surface area contributed by atoms with E-state index >= 15 is 0 Å². The van der Waals surface area contributed by atoms with Crippen molar-refractivity contribution in [2.45, 2.75) is 13.0 Å². The lowest BCUT2D eigenvalue weighted by Gasteiger charge is -2.19. The van der Waals surface area contributed by atoms with Crippen molar-refractivity contribution in [2.75, 3.05) is 24.4 Å². The minimum absolute atomic E-state index is 0.152. The number of amides is 1. The quantitative estimate of drug-likeness (QED) is 0.242. The zero-order valence-corrected chi connectivity index (χ0v) is 21.1. The van der Waals surface area contributed by atoms with Gasteiger partial charge in [0.2, 0.25) is 5.71 Å². The van der Waals surface area contributed by atoms with Crippen LogP contribution in [0.15, 0.2) is 95.7 Å². The van der Waals surface area contributed by atoms with Gasteiger partial charge in [0.05, 0.1) is 18.0 Å². The van der Waals surface area contributed by atoms with Gasteiger partial charge in [-0.25, -0.2) is 9.97 Å². The molecule has 38 heavy (non-hydrogen) atoms. The minimum atomic E-state index is -0.374. The summed E-state index contributed by atoms with van der Waals surface area (Å²) in [6.07, 6.45) is 1.49. The molecule has 3 aromatic carbocycles. The van der Waals surface area contributed by atoms with Gasteiger partial charge in [0.15, 0.2) is 0 Å². The van der Waals surface area contributed by atoms with Crippen molar-refractivity contribution in [3.05, 3.63) is 96.8 Å². The van der Waals surface area contributed by atoms with Gasteiger partial charge in [0, 0.05) is 23.9 Å². The first-order chi connectivity index (χ1) is 18.7.